The van der Waals surface area contributed by atoms with Gasteiger partial charge in [-0.15, -0.1) is 0 Å². The Bertz CT molecular complexity index is 208. The Morgan fingerprint density at radius 2 is 1.71 bits per heavy atom. The fourth-order valence-corrected chi connectivity index (χ4v) is 1.11. The molecule has 14 heavy (non-hydrogen) atoms. The molecule has 0 aliphatic carbocycles. The molecule has 0 amide bonds. The molecule has 0 radical (unpaired) electrons. The third-order valence-electron chi connectivity index (χ3n) is 2.76. The van der Waals surface area contributed by atoms with E-state index in [0.29, 0.717) is 0 Å². The summed E-state index contributed by atoms with van der Waals surface area (Å²) < 4.78 is 0. The second kappa shape index (κ2) is 5.23. The van der Waals surface area contributed by atoms with Gasteiger partial charge in [-0.2, -0.15) is 0 Å². The maximum Gasteiger partial charge on any atom is 0.0208 e. The smallest absolute Gasteiger partial charge is 0.0208 e. The van der Waals surface area contributed by atoms with Crippen molar-refractivity contribution >= 4 is 0 Å². The third-order valence-corrected chi connectivity index (χ3v) is 2.76. The van der Waals surface area contributed by atoms with E-state index in [9.17, 15) is 0 Å². The number of nitrogens with zero attached hydrogens (tertiary/aromatic N) is 1. The molecule has 0 aromatic carbocycles. The molecule has 1 heteroatoms. The van der Waals surface area contributed by atoms with Crippen LogP contribution in [0.2, 0.25) is 0 Å². The summed E-state index contributed by atoms with van der Waals surface area (Å²) in [5, 5.41) is 0. The summed E-state index contributed by atoms with van der Waals surface area (Å²) in [6, 6.07) is 0. The highest BCUT2D eigenvalue weighted by Crippen LogP contribution is 2.26. The molecule has 0 aliphatic heterocycles. The van der Waals surface area contributed by atoms with E-state index in [4.69, 9.17) is 0 Å². The van der Waals surface area contributed by atoms with Gasteiger partial charge in [0.1, 0.15) is 0 Å². The molecule has 0 N–H and O–H groups in total. The first-order valence-electron chi connectivity index (χ1n) is 5.36. The van der Waals surface area contributed by atoms with Crippen LogP contribution in [0.15, 0.2) is 24.4 Å². The molecule has 0 fully saturated rings. The molecule has 1 nitrogen and oxygen atoms in total. The van der Waals surface area contributed by atoms with Gasteiger partial charge in [0.15, 0.2) is 0 Å². The summed E-state index contributed by atoms with van der Waals surface area (Å²) in [6.07, 6.45) is 2.08. The molecular formula is C13H25N. The molecule has 0 aromatic rings. The quantitative estimate of drug-likeness (QED) is 0.603. The fourth-order valence-electron chi connectivity index (χ4n) is 1.11. The molecular weight excluding hydrogens is 170 g/mol. The largest absolute Gasteiger partial charge is 0.378 e. The van der Waals surface area contributed by atoms with Crippen LogP contribution >= 0.6 is 0 Å². The highest BCUT2D eigenvalue weighted by molar-refractivity contribution is 5.06. The zero-order valence-electron chi connectivity index (χ0n) is 10.5. The van der Waals surface area contributed by atoms with E-state index in [1.165, 1.54) is 11.3 Å². The van der Waals surface area contributed by atoms with Crippen molar-refractivity contribution in [1.29, 1.82) is 0 Å². The van der Waals surface area contributed by atoms with Gasteiger partial charge in [0.25, 0.3) is 0 Å². The molecule has 0 rings (SSSR count). The standard InChI is InChI=1S/C13H25N/c1-8-12(3)14(7)10-9-11(2)13(4,5)6/h2-3,8-10H2,1,4-7H3. The van der Waals surface area contributed by atoms with Gasteiger partial charge in [-0.3, -0.25) is 0 Å². The first-order valence-corrected chi connectivity index (χ1v) is 5.36. The van der Waals surface area contributed by atoms with Crippen LogP contribution in [0.5, 0.6) is 0 Å². The lowest BCUT2D eigenvalue weighted by Crippen LogP contribution is -2.20. The van der Waals surface area contributed by atoms with Crippen molar-refractivity contribution in [2.45, 2.75) is 40.5 Å². The van der Waals surface area contributed by atoms with E-state index in [-0.39, 0.29) is 5.41 Å². The highest BCUT2D eigenvalue weighted by Gasteiger charge is 2.14. The molecule has 82 valence electrons. The van der Waals surface area contributed by atoms with Crippen molar-refractivity contribution in [2.24, 2.45) is 5.41 Å². The van der Waals surface area contributed by atoms with Gasteiger partial charge in [0.05, 0.1) is 0 Å². The van der Waals surface area contributed by atoms with Gasteiger partial charge in [0.2, 0.25) is 0 Å². The predicted molar refractivity (Wildman–Crippen MR) is 65.3 cm³/mol. The zero-order valence-corrected chi connectivity index (χ0v) is 10.5. The molecule has 0 unspecified atom stereocenters. The van der Waals surface area contributed by atoms with Gasteiger partial charge in [-0.1, -0.05) is 46.4 Å². The Kier molecular flexibility index (Phi) is 4.96. The van der Waals surface area contributed by atoms with Crippen LogP contribution in [-0.2, 0) is 0 Å². The third kappa shape index (κ3) is 4.50. The lowest BCUT2D eigenvalue weighted by molar-refractivity contribution is 0.387. The van der Waals surface area contributed by atoms with Crippen molar-refractivity contribution in [3.63, 3.8) is 0 Å². The summed E-state index contributed by atoms with van der Waals surface area (Å²) in [7, 11) is 2.10. The molecule has 0 atom stereocenters. The fraction of sp³-hybridized carbons (Fsp3) is 0.692. The second-order valence-electron chi connectivity index (χ2n) is 4.94. The summed E-state index contributed by atoms with van der Waals surface area (Å²) in [5.41, 5.74) is 2.74. The van der Waals surface area contributed by atoms with Crippen LogP contribution in [-0.4, -0.2) is 18.5 Å². The topological polar surface area (TPSA) is 3.24 Å². The van der Waals surface area contributed by atoms with Crippen molar-refractivity contribution in [3.05, 3.63) is 24.4 Å². The van der Waals surface area contributed by atoms with Crippen molar-refractivity contribution in [1.82, 2.24) is 4.90 Å². The van der Waals surface area contributed by atoms with Gasteiger partial charge < -0.3 is 4.90 Å². The van der Waals surface area contributed by atoms with Gasteiger partial charge in [-0.25, -0.2) is 0 Å². The van der Waals surface area contributed by atoms with Crippen molar-refractivity contribution in [2.75, 3.05) is 13.6 Å². The first-order chi connectivity index (χ1) is 6.29. The molecule has 0 aromatic heterocycles. The van der Waals surface area contributed by atoms with Crippen LogP contribution in [0.1, 0.15) is 40.5 Å². The summed E-state index contributed by atoms with van der Waals surface area (Å²) in [6.45, 7) is 17.9. The van der Waals surface area contributed by atoms with Gasteiger partial charge in [-0.05, 0) is 18.3 Å². The van der Waals surface area contributed by atoms with E-state index < -0.39 is 0 Å². The number of rotatable bonds is 5. The number of allylic oxidation sites excluding steroid dienone is 1. The molecule has 0 spiro atoms. The van der Waals surface area contributed by atoms with Crippen molar-refractivity contribution in [3.8, 4) is 0 Å². The highest BCUT2D eigenvalue weighted by atomic mass is 15.1. The Balaban J connectivity index is 3.96. The maximum absolute atomic E-state index is 4.13. The van der Waals surface area contributed by atoms with E-state index in [1.54, 1.807) is 0 Å². The second-order valence-corrected chi connectivity index (χ2v) is 4.94. The average Bonchev–Trinajstić information content (AvgIpc) is 2.10. The number of hydrogen-bond donors (Lipinski definition) is 0. The maximum atomic E-state index is 4.13. The lowest BCUT2D eigenvalue weighted by Gasteiger charge is -2.26. The van der Waals surface area contributed by atoms with Crippen molar-refractivity contribution < 1.29 is 0 Å². The normalized spacial score (nSPS) is 11.2. The van der Waals surface area contributed by atoms with Crippen LogP contribution in [0.3, 0.4) is 0 Å². The summed E-state index contributed by atoms with van der Waals surface area (Å²) >= 11 is 0. The lowest BCUT2D eigenvalue weighted by atomic mass is 9.85. The SMILES string of the molecule is C=C(CC)N(C)CCC(=C)C(C)(C)C. The minimum absolute atomic E-state index is 0.231. The van der Waals surface area contributed by atoms with E-state index in [1.807, 2.05) is 0 Å². The van der Waals surface area contributed by atoms with Gasteiger partial charge in [0, 0.05) is 19.3 Å². The van der Waals surface area contributed by atoms with Crippen LogP contribution in [0, 0.1) is 5.41 Å². The van der Waals surface area contributed by atoms with E-state index >= 15 is 0 Å². The van der Waals surface area contributed by atoms with Gasteiger partial charge >= 0.3 is 0 Å². The molecule has 0 aliphatic rings. The molecule has 0 heterocycles. The Labute approximate surface area is 89.5 Å². The summed E-state index contributed by atoms with van der Waals surface area (Å²) in [4.78, 5) is 2.22. The monoisotopic (exact) mass is 195 g/mol. The zero-order chi connectivity index (χ0) is 11.4. The Hall–Kier alpha value is -0.720. The average molecular weight is 195 g/mol. The van der Waals surface area contributed by atoms with Crippen LogP contribution in [0.4, 0.5) is 0 Å². The first kappa shape index (κ1) is 13.3. The predicted octanol–water partition coefficient (Wildman–Crippen LogP) is 3.83. The minimum atomic E-state index is 0.231. The molecule has 0 saturated heterocycles. The molecule has 0 bridgehead atoms. The molecule has 0 saturated carbocycles. The van der Waals surface area contributed by atoms with Crippen LogP contribution in [0.25, 0.3) is 0 Å². The number of hydrogen-bond acceptors (Lipinski definition) is 1. The van der Waals surface area contributed by atoms with E-state index in [2.05, 4.69) is 52.8 Å². The van der Waals surface area contributed by atoms with E-state index in [0.717, 1.165) is 19.4 Å². The summed E-state index contributed by atoms with van der Waals surface area (Å²) in [5.74, 6) is 0. The minimum Gasteiger partial charge on any atom is -0.378 e. The van der Waals surface area contributed by atoms with Crippen LogP contribution < -0.4 is 0 Å². The Morgan fingerprint density at radius 1 is 1.21 bits per heavy atom. The Morgan fingerprint density at radius 3 is 2.07 bits per heavy atom.